The van der Waals surface area contributed by atoms with E-state index in [0.29, 0.717) is 0 Å². The molecule has 0 spiro atoms. The molecule has 3 heteroatoms. The minimum Gasteiger partial charge on any atom is -0.309 e. The Hall–Kier alpha value is -5.22. The molecule has 0 saturated carbocycles. The molecule has 210 valence electrons. The van der Waals surface area contributed by atoms with Crippen molar-refractivity contribution in [2.24, 2.45) is 0 Å². The second-order valence-corrected chi connectivity index (χ2v) is 13.9. The van der Waals surface area contributed by atoms with Gasteiger partial charge in [0.15, 0.2) is 0 Å². The molecule has 0 unspecified atom stereocenters. The SMILES string of the molecule is c1ccc2c(c1)sc1ccc(-c3ccc(-c4ccc(-n5c6ccccc6c6cc7c(cc65)sc5ccccc57)cc4)cc3)cc12. The summed E-state index contributed by atoms with van der Waals surface area (Å²) >= 11 is 3.74. The van der Waals surface area contributed by atoms with Gasteiger partial charge in [0.05, 0.1) is 11.0 Å². The van der Waals surface area contributed by atoms with E-state index in [-0.39, 0.29) is 0 Å². The van der Waals surface area contributed by atoms with Crippen molar-refractivity contribution in [1.82, 2.24) is 4.57 Å². The number of hydrogen-bond donors (Lipinski definition) is 0. The number of rotatable bonds is 3. The van der Waals surface area contributed by atoms with Crippen LogP contribution < -0.4 is 0 Å². The fourth-order valence-corrected chi connectivity index (χ4v) is 9.24. The maximum atomic E-state index is 2.42. The Morgan fingerprint density at radius 2 is 0.822 bits per heavy atom. The summed E-state index contributed by atoms with van der Waals surface area (Å²) in [7, 11) is 0. The zero-order chi connectivity index (χ0) is 29.5. The van der Waals surface area contributed by atoms with Gasteiger partial charge in [0.1, 0.15) is 0 Å². The van der Waals surface area contributed by atoms with E-state index in [1.807, 2.05) is 22.7 Å². The van der Waals surface area contributed by atoms with Crippen LogP contribution in [0.15, 0.2) is 152 Å². The summed E-state index contributed by atoms with van der Waals surface area (Å²) in [5.41, 5.74) is 8.61. The van der Waals surface area contributed by atoms with E-state index in [1.54, 1.807) is 0 Å². The predicted octanol–water partition coefficient (Wildman–Crippen LogP) is 12.9. The lowest BCUT2D eigenvalue weighted by Crippen LogP contribution is -1.93. The van der Waals surface area contributed by atoms with E-state index < -0.39 is 0 Å². The summed E-state index contributed by atoms with van der Waals surface area (Å²) in [5, 5.41) is 7.95. The van der Waals surface area contributed by atoms with Crippen LogP contribution in [0, 0.1) is 0 Å². The maximum absolute atomic E-state index is 2.42. The Bertz CT molecular complexity index is 2740. The van der Waals surface area contributed by atoms with Crippen molar-refractivity contribution in [3.05, 3.63) is 152 Å². The van der Waals surface area contributed by atoms with Crippen molar-refractivity contribution in [1.29, 1.82) is 0 Å². The topological polar surface area (TPSA) is 4.93 Å². The molecule has 0 N–H and O–H groups in total. The number of thiophene rings is 2. The van der Waals surface area contributed by atoms with E-state index >= 15 is 0 Å². The van der Waals surface area contributed by atoms with Crippen LogP contribution in [0.25, 0.3) is 90.1 Å². The van der Waals surface area contributed by atoms with E-state index in [0.717, 1.165) is 0 Å². The smallest absolute Gasteiger partial charge is 0.0555 e. The number of nitrogens with zero attached hydrogens (tertiary/aromatic N) is 1. The van der Waals surface area contributed by atoms with E-state index in [9.17, 15) is 0 Å². The zero-order valence-corrected chi connectivity index (χ0v) is 25.8. The highest BCUT2D eigenvalue weighted by Gasteiger charge is 2.15. The summed E-state index contributed by atoms with van der Waals surface area (Å²) in [6.45, 7) is 0. The first-order valence-corrected chi connectivity index (χ1v) is 16.9. The first-order chi connectivity index (χ1) is 22.3. The lowest BCUT2D eigenvalue weighted by Gasteiger charge is -2.10. The lowest BCUT2D eigenvalue weighted by atomic mass is 9.99. The van der Waals surface area contributed by atoms with Gasteiger partial charge in [0.25, 0.3) is 0 Å². The summed E-state index contributed by atoms with van der Waals surface area (Å²) in [6.07, 6.45) is 0. The van der Waals surface area contributed by atoms with Crippen molar-refractivity contribution in [3.8, 4) is 27.9 Å². The molecule has 0 saturated heterocycles. The second kappa shape index (κ2) is 9.64. The molecule has 1 nitrogen and oxygen atoms in total. The van der Waals surface area contributed by atoms with Gasteiger partial charge in [-0.15, -0.1) is 22.7 Å². The Balaban J connectivity index is 1.04. The first kappa shape index (κ1) is 25.1. The summed E-state index contributed by atoms with van der Waals surface area (Å²) in [4.78, 5) is 0. The highest BCUT2D eigenvalue weighted by atomic mass is 32.1. The summed E-state index contributed by atoms with van der Waals surface area (Å²) in [6, 6.07) is 55.9. The Labute approximate surface area is 267 Å². The second-order valence-electron chi connectivity index (χ2n) is 11.7. The van der Waals surface area contributed by atoms with Gasteiger partial charge in [-0.25, -0.2) is 0 Å². The summed E-state index contributed by atoms with van der Waals surface area (Å²) in [5.74, 6) is 0. The number of aromatic nitrogens is 1. The van der Waals surface area contributed by atoms with Gasteiger partial charge in [-0.3, -0.25) is 0 Å². The van der Waals surface area contributed by atoms with Gasteiger partial charge in [-0.1, -0.05) is 97.1 Å². The Kier molecular flexibility index (Phi) is 5.39. The standard InChI is InChI=1S/C42H25NS2/c1-4-10-37-31(7-1)34-24-36-33-9-3-6-12-40(33)45-42(36)25-38(34)43(37)30-20-17-27(18-21-30)26-13-15-28(16-14-26)29-19-22-41-35(23-29)32-8-2-5-11-39(32)44-41/h1-25H. The van der Waals surface area contributed by atoms with Crippen LogP contribution in [0.1, 0.15) is 0 Å². The molecule has 0 aliphatic rings. The fourth-order valence-electron chi connectivity index (χ4n) is 7.03. The molecule has 0 amide bonds. The summed E-state index contributed by atoms with van der Waals surface area (Å²) < 4.78 is 7.78. The molecule has 7 aromatic carbocycles. The molecule has 0 atom stereocenters. The Morgan fingerprint density at radius 1 is 0.311 bits per heavy atom. The van der Waals surface area contributed by atoms with Gasteiger partial charge in [-0.2, -0.15) is 0 Å². The average Bonchev–Trinajstić information content (AvgIpc) is 3.76. The molecule has 10 aromatic rings. The molecule has 10 rings (SSSR count). The van der Waals surface area contributed by atoms with Crippen LogP contribution >= 0.6 is 22.7 Å². The van der Waals surface area contributed by atoms with Gasteiger partial charge < -0.3 is 4.57 Å². The van der Waals surface area contributed by atoms with Gasteiger partial charge in [-0.05, 0) is 76.9 Å². The third kappa shape index (κ3) is 3.85. The van der Waals surface area contributed by atoms with Crippen LogP contribution in [0.4, 0.5) is 0 Å². The largest absolute Gasteiger partial charge is 0.309 e. The molecule has 45 heavy (non-hydrogen) atoms. The van der Waals surface area contributed by atoms with E-state index in [2.05, 4.69) is 156 Å². The first-order valence-electron chi connectivity index (χ1n) is 15.3. The molecule has 0 aliphatic carbocycles. The molecule has 0 aliphatic heterocycles. The lowest BCUT2D eigenvalue weighted by molar-refractivity contribution is 1.18. The van der Waals surface area contributed by atoms with E-state index in [4.69, 9.17) is 0 Å². The Morgan fingerprint density at radius 3 is 1.53 bits per heavy atom. The average molecular weight is 608 g/mol. The number of benzene rings is 7. The van der Waals surface area contributed by atoms with Crippen molar-refractivity contribution in [2.45, 2.75) is 0 Å². The van der Waals surface area contributed by atoms with Crippen molar-refractivity contribution in [3.63, 3.8) is 0 Å². The number of para-hydroxylation sites is 1. The van der Waals surface area contributed by atoms with E-state index in [1.165, 1.54) is 90.1 Å². The van der Waals surface area contributed by atoms with Gasteiger partial charge in [0.2, 0.25) is 0 Å². The molecular formula is C42H25NS2. The minimum absolute atomic E-state index is 1.18. The molecule has 0 bridgehead atoms. The molecular weight excluding hydrogens is 583 g/mol. The molecule has 0 fully saturated rings. The van der Waals surface area contributed by atoms with Crippen LogP contribution in [0.3, 0.4) is 0 Å². The predicted molar refractivity (Wildman–Crippen MR) is 197 cm³/mol. The molecule has 3 aromatic heterocycles. The minimum atomic E-state index is 1.18. The van der Waals surface area contributed by atoms with Crippen LogP contribution in [-0.2, 0) is 0 Å². The third-order valence-corrected chi connectivity index (χ3v) is 11.5. The van der Waals surface area contributed by atoms with Gasteiger partial charge in [0, 0.05) is 56.8 Å². The van der Waals surface area contributed by atoms with Crippen LogP contribution in [-0.4, -0.2) is 4.57 Å². The zero-order valence-electron chi connectivity index (χ0n) is 24.2. The van der Waals surface area contributed by atoms with Crippen molar-refractivity contribution < 1.29 is 0 Å². The highest BCUT2D eigenvalue weighted by Crippen LogP contribution is 2.41. The normalized spacial score (nSPS) is 12.0. The number of hydrogen-bond acceptors (Lipinski definition) is 2. The maximum Gasteiger partial charge on any atom is 0.0555 e. The monoisotopic (exact) mass is 607 g/mol. The van der Waals surface area contributed by atoms with Crippen molar-refractivity contribution in [2.75, 3.05) is 0 Å². The fraction of sp³-hybridized carbons (Fsp3) is 0. The third-order valence-electron chi connectivity index (χ3n) is 9.22. The molecule has 3 heterocycles. The van der Waals surface area contributed by atoms with Gasteiger partial charge >= 0.3 is 0 Å². The quantitative estimate of drug-likeness (QED) is 0.188. The van der Waals surface area contributed by atoms with Crippen molar-refractivity contribution >= 4 is 84.8 Å². The molecule has 0 radical (unpaired) electrons. The number of fused-ring (bicyclic) bond motifs is 9. The van der Waals surface area contributed by atoms with Crippen LogP contribution in [0.5, 0.6) is 0 Å². The van der Waals surface area contributed by atoms with Crippen LogP contribution in [0.2, 0.25) is 0 Å². The highest BCUT2D eigenvalue weighted by molar-refractivity contribution is 7.26.